The van der Waals surface area contributed by atoms with Gasteiger partial charge < -0.3 is 10.4 Å². The van der Waals surface area contributed by atoms with Crippen LogP contribution in [-0.2, 0) is 14.8 Å². The first-order valence-electron chi connectivity index (χ1n) is 7.90. The lowest BCUT2D eigenvalue weighted by Crippen LogP contribution is -2.55. The molecular formula is C17H20N2O5S. The van der Waals surface area contributed by atoms with Gasteiger partial charge >= 0.3 is 5.97 Å². The number of hydrogen-bond acceptors (Lipinski definition) is 4. The monoisotopic (exact) mass is 364 g/mol. The Bertz CT molecular complexity index is 787. The Balaban J connectivity index is 2.15. The van der Waals surface area contributed by atoms with Gasteiger partial charge in [0.05, 0.1) is 11.4 Å². The molecule has 3 N–H and O–H groups in total. The Morgan fingerprint density at radius 2 is 1.76 bits per heavy atom. The number of carbonyl (C=O) groups excluding carboxylic acids is 1. The van der Waals surface area contributed by atoms with Gasteiger partial charge in [-0.25, -0.2) is 13.2 Å². The van der Waals surface area contributed by atoms with Gasteiger partial charge in [-0.05, 0) is 37.1 Å². The van der Waals surface area contributed by atoms with Crippen LogP contribution in [0.25, 0.3) is 0 Å². The molecule has 8 heteroatoms. The highest BCUT2D eigenvalue weighted by molar-refractivity contribution is 7.89. The van der Waals surface area contributed by atoms with E-state index in [1.54, 1.807) is 0 Å². The van der Waals surface area contributed by atoms with Crippen LogP contribution in [0.3, 0.4) is 0 Å². The van der Waals surface area contributed by atoms with Crippen LogP contribution >= 0.6 is 0 Å². The average molecular weight is 364 g/mol. The summed E-state index contributed by atoms with van der Waals surface area (Å²) < 4.78 is 26.1. The molecule has 1 saturated carbocycles. The third-order valence-electron chi connectivity index (χ3n) is 4.26. The average Bonchev–Trinajstić information content (AvgIpc) is 2.61. The number of carboxylic acids is 1. The molecule has 0 unspecified atom stereocenters. The molecular weight excluding hydrogens is 344 g/mol. The van der Waals surface area contributed by atoms with Crippen LogP contribution in [0.2, 0.25) is 0 Å². The first-order chi connectivity index (χ1) is 11.8. The summed E-state index contributed by atoms with van der Waals surface area (Å²) in [5.41, 5.74) is -1.06. The highest BCUT2D eigenvalue weighted by Crippen LogP contribution is 2.29. The SMILES string of the molecule is C#CCNS(=O)(=O)c1ccc(C(=O)NC2(C(=O)O)CCCCC2)cc1. The Kier molecular flexibility index (Phi) is 5.82. The van der Waals surface area contributed by atoms with Crippen molar-refractivity contribution in [2.45, 2.75) is 42.5 Å². The largest absolute Gasteiger partial charge is 0.480 e. The first kappa shape index (κ1) is 19.0. The summed E-state index contributed by atoms with van der Waals surface area (Å²) in [6.45, 7) is -0.133. The molecule has 1 aliphatic carbocycles. The van der Waals surface area contributed by atoms with Crippen molar-refractivity contribution < 1.29 is 23.1 Å². The minimum atomic E-state index is -3.74. The number of rotatable bonds is 6. The highest BCUT2D eigenvalue weighted by atomic mass is 32.2. The van der Waals surface area contributed by atoms with Crippen molar-refractivity contribution >= 4 is 21.9 Å². The van der Waals surface area contributed by atoms with Crippen molar-refractivity contribution in [2.24, 2.45) is 0 Å². The normalized spacial score (nSPS) is 16.6. The van der Waals surface area contributed by atoms with E-state index in [1.807, 2.05) is 0 Å². The summed E-state index contributed by atoms with van der Waals surface area (Å²) in [6.07, 6.45) is 8.22. The van der Waals surface area contributed by atoms with Gasteiger partial charge in [0.2, 0.25) is 10.0 Å². The predicted molar refractivity (Wildman–Crippen MR) is 91.4 cm³/mol. The number of terminal acetylenes is 1. The number of hydrogen-bond donors (Lipinski definition) is 3. The molecule has 1 fully saturated rings. The fraction of sp³-hybridized carbons (Fsp3) is 0.412. The van der Waals surface area contributed by atoms with E-state index in [1.165, 1.54) is 24.3 Å². The highest BCUT2D eigenvalue weighted by Gasteiger charge is 2.41. The smallest absolute Gasteiger partial charge is 0.329 e. The molecule has 1 aromatic carbocycles. The van der Waals surface area contributed by atoms with Crippen LogP contribution < -0.4 is 10.0 Å². The van der Waals surface area contributed by atoms with Gasteiger partial charge in [-0.15, -0.1) is 6.42 Å². The minimum Gasteiger partial charge on any atom is -0.480 e. The Morgan fingerprint density at radius 3 is 2.28 bits per heavy atom. The van der Waals surface area contributed by atoms with Crippen molar-refractivity contribution in [2.75, 3.05) is 6.54 Å². The van der Waals surface area contributed by atoms with Crippen LogP contribution in [0.15, 0.2) is 29.2 Å². The van der Waals surface area contributed by atoms with E-state index in [4.69, 9.17) is 6.42 Å². The molecule has 0 radical (unpaired) electrons. The maximum absolute atomic E-state index is 12.4. The van der Waals surface area contributed by atoms with Crippen LogP contribution in [0.5, 0.6) is 0 Å². The van der Waals surface area contributed by atoms with Crippen LogP contribution in [0.4, 0.5) is 0 Å². The maximum atomic E-state index is 12.4. The molecule has 0 aliphatic heterocycles. The zero-order valence-corrected chi connectivity index (χ0v) is 14.4. The summed E-state index contributed by atoms with van der Waals surface area (Å²) in [6, 6.07) is 5.25. The minimum absolute atomic E-state index is 0.0232. The topological polar surface area (TPSA) is 113 Å². The lowest BCUT2D eigenvalue weighted by Gasteiger charge is -2.34. The van der Waals surface area contributed by atoms with Gasteiger partial charge in [0.15, 0.2) is 0 Å². The van der Waals surface area contributed by atoms with Crippen LogP contribution in [-0.4, -0.2) is 37.5 Å². The number of nitrogens with one attached hydrogen (secondary N) is 2. The summed E-state index contributed by atoms with van der Waals surface area (Å²) in [5, 5.41) is 12.1. The summed E-state index contributed by atoms with van der Waals surface area (Å²) in [4.78, 5) is 24.0. The fourth-order valence-electron chi connectivity index (χ4n) is 2.84. The summed E-state index contributed by atoms with van der Waals surface area (Å²) in [5.74, 6) is 0.593. The maximum Gasteiger partial charge on any atom is 0.329 e. The molecule has 1 aliphatic rings. The molecule has 7 nitrogen and oxygen atoms in total. The lowest BCUT2D eigenvalue weighted by atomic mass is 9.81. The van der Waals surface area contributed by atoms with Gasteiger partial charge in [0.25, 0.3) is 5.91 Å². The molecule has 1 aromatic rings. The molecule has 2 rings (SSSR count). The number of sulfonamides is 1. The van der Waals surface area contributed by atoms with E-state index in [2.05, 4.69) is 16.0 Å². The quantitative estimate of drug-likeness (QED) is 0.655. The van der Waals surface area contributed by atoms with E-state index in [0.717, 1.165) is 19.3 Å². The number of amides is 1. The Morgan fingerprint density at radius 1 is 1.16 bits per heavy atom. The van der Waals surface area contributed by atoms with Crippen molar-refractivity contribution in [3.8, 4) is 12.3 Å². The summed E-state index contributed by atoms with van der Waals surface area (Å²) >= 11 is 0. The van der Waals surface area contributed by atoms with Crippen LogP contribution in [0, 0.1) is 12.3 Å². The Hall–Kier alpha value is -2.37. The van der Waals surface area contributed by atoms with Crippen molar-refractivity contribution in [3.63, 3.8) is 0 Å². The van der Waals surface area contributed by atoms with Gasteiger partial charge in [-0.2, -0.15) is 4.72 Å². The number of aliphatic carboxylic acids is 1. The second kappa shape index (κ2) is 7.68. The molecule has 134 valence electrons. The summed E-state index contributed by atoms with van der Waals surface area (Å²) in [7, 11) is -3.74. The second-order valence-electron chi connectivity index (χ2n) is 5.96. The predicted octanol–water partition coefficient (Wildman–Crippen LogP) is 1.12. The van der Waals surface area contributed by atoms with E-state index in [-0.39, 0.29) is 17.0 Å². The molecule has 0 spiro atoms. The molecule has 0 atom stereocenters. The number of carboxylic acid groups (broad SMARTS) is 1. The number of benzene rings is 1. The van der Waals surface area contributed by atoms with Gasteiger partial charge in [-0.1, -0.05) is 25.2 Å². The van der Waals surface area contributed by atoms with E-state index >= 15 is 0 Å². The van der Waals surface area contributed by atoms with Crippen molar-refractivity contribution in [1.82, 2.24) is 10.0 Å². The zero-order valence-electron chi connectivity index (χ0n) is 13.6. The van der Waals surface area contributed by atoms with E-state index < -0.39 is 27.4 Å². The fourth-order valence-corrected chi connectivity index (χ4v) is 3.78. The van der Waals surface area contributed by atoms with Gasteiger partial charge in [0, 0.05) is 5.56 Å². The van der Waals surface area contributed by atoms with Crippen molar-refractivity contribution in [1.29, 1.82) is 0 Å². The zero-order chi connectivity index (χ0) is 18.5. The second-order valence-corrected chi connectivity index (χ2v) is 7.72. The third-order valence-corrected chi connectivity index (χ3v) is 5.68. The van der Waals surface area contributed by atoms with Gasteiger partial charge in [-0.3, -0.25) is 4.79 Å². The van der Waals surface area contributed by atoms with E-state index in [9.17, 15) is 23.1 Å². The molecule has 0 saturated heterocycles. The van der Waals surface area contributed by atoms with Crippen molar-refractivity contribution in [3.05, 3.63) is 29.8 Å². The Labute approximate surface area is 146 Å². The van der Waals surface area contributed by atoms with Crippen LogP contribution in [0.1, 0.15) is 42.5 Å². The first-order valence-corrected chi connectivity index (χ1v) is 9.38. The third kappa shape index (κ3) is 4.38. The molecule has 0 aromatic heterocycles. The van der Waals surface area contributed by atoms with E-state index in [0.29, 0.717) is 12.8 Å². The molecule has 25 heavy (non-hydrogen) atoms. The number of carbonyl (C=O) groups is 2. The van der Waals surface area contributed by atoms with Gasteiger partial charge in [0.1, 0.15) is 5.54 Å². The molecule has 0 heterocycles. The standard InChI is InChI=1S/C17H20N2O5S/c1-2-12-18-25(23,24)14-8-6-13(7-9-14)15(20)19-17(16(21)22)10-4-3-5-11-17/h1,6-9,18H,3-5,10-12H2,(H,19,20)(H,21,22). The lowest BCUT2D eigenvalue weighted by molar-refractivity contribution is -0.145. The molecule has 1 amide bonds. The molecule has 0 bridgehead atoms.